The number of hydrogen-bond acceptors (Lipinski definition) is 3. The van der Waals surface area contributed by atoms with Gasteiger partial charge in [0.25, 0.3) is 5.91 Å². The Morgan fingerprint density at radius 2 is 1.68 bits per heavy atom. The van der Waals surface area contributed by atoms with Crippen molar-refractivity contribution >= 4 is 23.2 Å². The fraction of sp³-hybridized carbons (Fsp3) is 0.250. The van der Waals surface area contributed by atoms with Gasteiger partial charge in [-0.15, -0.1) is 0 Å². The van der Waals surface area contributed by atoms with Crippen molar-refractivity contribution in [2.45, 2.75) is 0 Å². The van der Waals surface area contributed by atoms with E-state index in [-0.39, 0.29) is 11.5 Å². The SMILES string of the molecule is O=C(c1ccc(Cl)cc1)N1CCN(c2ccc(=O)[nH]c2)CC1. The molecule has 5 nitrogen and oxygen atoms in total. The number of piperazine rings is 1. The summed E-state index contributed by atoms with van der Waals surface area (Å²) in [4.78, 5) is 30.2. The Bertz CT molecular complexity index is 698. The van der Waals surface area contributed by atoms with Gasteiger partial charge < -0.3 is 14.8 Å². The summed E-state index contributed by atoms with van der Waals surface area (Å²) >= 11 is 5.84. The highest BCUT2D eigenvalue weighted by atomic mass is 35.5. The molecule has 0 bridgehead atoms. The number of carbonyl (C=O) groups is 1. The molecule has 2 heterocycles. The van der Waals surface area contributed by atoms with Crippen LogP contribution in [0, 0.1) is 0 Å². The normalized spacial score (nSPS) is 15.0. The van der Waals surface area contributed by atoms with E-state index < -0.39 is 0 Å². The van der Waals surface area contributed by atoms with Crippen LogP contribution in [0.2, 0.25) is 5.02 Å². The third-order valence-corrected chi connectivity index (χ3v) is 4.04. The van der Waals surface area contributed by atoms with E-state index in [0.717, 1.165) is 18.8 Å². The van der Waals surface area contributed by atoms with Crippen LogP contribution in [-0.4, -0.2) is 42.0 Å². The van der Waals surface area contributed by atoms with Crippen molar-refractivity contribution in [1.29, 1.82) is 0 Å². The largest absolute Gasteiger partial charge is 0.367 e. The summed E-state index contributed by atoms with van der Waals surface area (Å²) in [5, 5.41) is 0.624. The minimum Gasteiger partial charge on any atom is -0.367 e. The second-order valence-electron chi connectivity index (χ2n) is 5.20. The van der Waals surface area contributed by atoms with Crippen LogP contribution in [0.4, 0.5) is 5.69 Å². The fourth-order valence-electron chi connectivity index (χ4n) is 2.54. The van der Waals surface area contributed by atoms with Gasteiger partial charge in [0.15, 0.2) is 0 Å². The number of aromatic amines is 1. The molecule has 1 aromatic heterocycles. The van der Waals surface area contributed by atoms with Gasteiger partial charge in [0, 0.05) is 49.0 Å². The monoisotopic (exact) mass is 317 g/mol. The lowest BCUT2D eigenvalue weighted by atomic mass is 10.2. The first-order valence-electron chi connectivity index (χ1n) is 7.12. The quantitative estimate of drug-likeness (QED) is 0.921. The highest BCUT2D eigenvalue weighted by Gasteiger charge is 2.22. The number of nitrogens with zero attached hydrogens (tertiary/aromatic N) is 2. The molecule has 2 aromatic rings. The van der Waals surface area contributed by atoms with Crippen molar-refractivity contribution in [2.24, 2.45) is 0 Å². The molecule has 6 heteroatoms. The van der Waals surface area contributed by atoms with Gasteiger partial charge in [0.05, 0.1) is 5.69 Å². The average molecular weight is 318 g/mol. The van der Waals surface area contributed by atoms with Crippen molar-refractivity contribution in [3.8, 4) is 0 Å². The second kappa shape index (κ2) is 6.23. The van der Waals surface area contributed by atoms with Crippen LogP contribution < -0.4 is 10.5 Å². The number of anilines is 1. The fourth-order valence-corrected chi connectivity index (χ4v) is 2.67. The maximum atomic E-state index is 12.4. The van der Waals surface area contributed by atoms with E-state index >= 15 is 0 Å². The van der Waals surface area contributed by atoms with E-state index in [1.807, 2.05) is 4.90 Å². The Labute approximate surface area is 133 Å². The predicted molar refractivity (Wildman–Crippen MR) is 86.6 cm³/mol. The summed E-state index contributed by atoms with van der Waals surface area (Å²) in [6.07, 6.45) is 1.71. The Morgan fingerprint density at radius 1 is 1.00 bits per heavy atom. The van der Waals surface area contributed by atoms with Gasteiger partial charge in [-0.2, -0.15) is 0 Å². The molecular weight excluding hydrogens is 302 g/mol. The molecule has 1 N–H and O–H groups in total. The van der Waals surface area contributed by atoms with Crippen molar-refractivity contribution in [3.63, 3.8) is 0 Å². The summed E-state index contributed by atoms with van der Waals surface area (Å²) in [5.74, 6) is 0.0257. The van der Waals surface area contributed by atoms with Crippen LogP contribution in [0.1, 0.15) is 10.4 Å². The number of H-pyrrole nitrogens is 1. The maximum Gasteiger partial charge on any atom is 0.253 e. The van der Waals surface area contributed by atoms with Gasteiger partial charge in [-0.3, -0.25) is 9.59 Å². The first-order valence-corrected chi connectivity index (χ1v) is 7.50. The topological polar surface area (TPSA) is 56.4 Å². The molecule has 0 radical (unpaired) electrons. The molecule has 1 aliphatic rings. The number of hydrogen-bond donors (Lipinski definition) is 1. The zero-order chi connectivity index (χ0) is 15.5. The van der Waals surface area contributed by atoms with E-state index in [4.69, 9.17) is 11.6 Å². The van der Waals surface area contributed by atoms with Crippen LogP contribution >= 0.6 is 11.6 Å². The predicted octanol–water partition coefficient (Wildman–Crippen LogP) is 1.99. The Morgan fingerprint density at radius 3 is 2.27 bits per heavy atom. The van der Waals surface area contributed by atoms with Gasteiger partial charge in [0.1, 0.15) is 0 Å². The van der Waals surface area contributed by atoms with Gasteiger partial charge >= 0.3 is 0 Å². The molecule has 3 rings (SSSR count). The van der Waals surface area contributed by atoms with E-state index in [2.05, 4.69) is 9.88 Å². The molecule has 1 amide bonds. The standard InChI is InChI=1S/C16H16ClN3O2/c17-13-3-1-12(2-4-13)16(22)20-9-7-19(8-10-20)14-5-6-15(21)18-11-14/h1-6,11H,7-10H2,(H,18,21). The maximum absolute atomic E-state index is 12.4. The van der Waals surface area contributed by atoms with E-state index in [9.17, 15) is 9.59 Å². The molecule has 0 saturated carbocycles. The molecule has 0 aliphatic carbocycles. The molecule has 0 spiro atoms. The molecule has 0 atom stereocenters. The van der Waals surface area contributed by atoms with Crippen molar-refractivity contribution in [3.05, 3.63) is 63.5 Å². The number of pyridine rings is 1. The van der Waals surface area contributed by atoms with Gasteiger partial charge in [-0.25, -0.2) is 0 Å². The molecule has 1 saturated heterocycles. The first-order chi connectivity index (χ1) is 10.6. The number of nitrogens with one attached hydrogen (secondary N) is 1. The van der Waals surface area contributed by atoms with Crippen LogP contribution in [0.15, 0.2) is 47.4 Å². The third kappa shape index (κ3) is 3.14. The minimum atomic E-state index is -0.111. The highest BCUT2D eigenvalue weighted by molar-refractivity contribution is 6.30. The molecule has 22 heavy (non-hydrogen) atoms. The summed E-state index contributed by atoms with van der Waals surface area (Å²) in [7, 11) is 0. The van der Waals surface area contributed by atoms with Gasteiger partial charge in [0.2, 0.25) is 5.56 Å². The number of benzene rings is 1. The first kappa shape index (κ1) is 14.7. The van der Waals surface area contributed by atoms with Crippen LogP contribution in [0.3, 0.4) is 0 Å². The number of rotatable bonds is 2. The zero-order valence-electron chi connectivity index (χ0n) is 12.0. The summed E-state index contributed by atoms with van der Waals surface area (Å²) < 4.78 is 0. The Hall–Kier alpha value is -2.27. The third-order valence-electron chi connectivity index (χ3n) is 3.79. The van der Waals surface area contributed by atoms with Crippen molar-refractivity contribution in [1.82, 2.24) is 9.88 Å². The van der Waals surface area contributed by atoms with Crippen LogP contribution in [0.25, 0.3) is 0 Å². The lowest BCUT2D eigenvalue weighted by Crippen LogP contribution is -2.48. The Balaban J connectivity index is 1.64. The molecule has 1 fully saturated rings. The lowest BCUT2D eigenvalue weighted by Gasteiger charge is -2.36. The molecule has 0 unspecified atom stereocenters. The summed E-state index contributed by atoms with van der Waals surface area (Å²) in [5.41, 5.74) is 1.51. The highest BCUT2D eigenvalue weighted by Crippen LogP contribution is 2.16. The molecule has 114 valence electrons. The smallest absolute Gasteiger partial charge is 0.253 e. The summed E-state index contributed by atoms with van der Waals surface area (Å²) in [6.45, 7) is 2.79. The van der Waals surface area contributed by atoms with Crippen molar-refractivity contribution < 1.29 is 4.79 Å². The lowest BCUT2D eigenvalue weighted by molar-refractivity contribution is 0.0747. The van der Waals surface area contributed by atoms with Crippen LogP contribution in [-0.2, 0) is 0 Å². The number of halogens is 1. The van der Waals surface area contributed by atoms with E-state index in [0.29, 0.717) is 23.7 Å². The second-order valence-corrected chi connectivity index (χ2v) is 5.63. The van der Waals surface area contributed by atoms with E-state index in [1.165, 1.54) is 6.07 Å². The summed E-state index contributed by atoms with van der Waals surface area (Å²) in [6, 6.07) is 10.3. The molecule has 1 aliphatic heterocycles. The zero-order valence-corrected chi connectivity index (χ0v) is 12.7. The minimum absolute atomic E-state index is 0.0257. The Kier molecular flexibility index (Phi) is 4.15. The number of carbonyl (C=O) groups excluding carboxylic acids is 1. The number of aromatic nitrogens is 1. The van der Waals surface area contributed by atoms with Gasteiger partial charge in [-0.1, -0.05) is 11.6 Å². The molecular formula is C16H16ClN3O2. The van der Waals surface area contributed by atoms with Gasteiger partial charge in [-0.05, 0) is 30.3 Å². The molecule has 1 aromatic carbocycles. The average Bonchev–Trinajstić information content (AvgIpc) is 2.56. The van der Waals surface area contributed by atoms with Crippen molar-refractivity contribution in [2.75, 3.05) is 31.1 Å². The van der Waals surface area contributed by atoms with E-state index in [1.54, 1.807) is 36.5 Å². The van der Waals surface area contributed by atoms with Crippen LogP contribution in [0.5, 0.6) is 0 Å². The number of amides is 1.